The Bertz CT molecular complexity index is 2110. The first-order valence-electron chi connectivity index (χ1n) is 26.1. The third-order valence-electron chi connectivity index (χ3n) is 15.6. The number of amides is 1. The SMILES string of the molecule is [C-]#[N+]c1ccc(N[C@H]2C[C@@H]3CC[C@@H](C)[C@@](O)(O3)C(=O)C(=O)N3CCCC[C@H]3C(=O)O[C@H]([C@H](C)C[C@H]3CC[C@@H](O)[C@H](OC)C3)CC[C@H](C)/C=C(\C)[C@@H](O)[C@@H](OC)C(=O)[C@H](C)C[C@H](C)/C=C/C=C/C=C/2C)cc1. The lowest BCUT2D eigenvalue weighted by molar-refractivity contribution is -0.263. The van der Waals surface area contributed by atoms with Gasteiger partial charge < -0.3 is 44.5 Å². The number of ether oxygens (including phenoxy) is 4. The number of benzene rings is 1. The molecule has 1 aromatic carbocycles. The predicted molar refractivity (Wildman–Crippen MR) is 274 cm³/mol. The Hall–Kier alpha value is -4.49. The quantitative estimate of drug-likeness (QED) is 0.0881. The minimum absolute atomic E-state index is 0.0364. The lowest BCUT2D eigenvalue weighted by Crippen LogP contribution is -2.61. The summed E-state index contributed by atoms with van der Waals surface area (Å²) in [6.45, 7) is 21.0. The highest BCUT2D eigenvalue weighted by molar-refractivity contribution is 6.39. The van der Waals surface area contributed by atoms with Gasteiger partial charge in [0.05, 0.1) is 24.9 Å². The van der Waals surface area contributed by atoms with Gasteiger partial charge in [-0.3, -0.25) is 14.4 Å². The van der Waals surface area contributed by atoms with E-state index in [1.807, 2.05) is 76.3 Å². The van der Waals surface area contributed by atoms with Crippen LogP contribution in [0.2, 0.25) is 0 Å². The number of anilines is 1. The molecule has 15 atom stereocenters. The molecule has 0 aromatic heterocycles. The van der Waals surface area contributed by atoms with Crippen LogP contribution in [-0.4, -0.2) is 119 Å². The van der Waals surface area contributed by atoms with E-state index in [0.29, 0.717) is 88.3 Å². The van der Waals surface area contributed by atoms with Crippen LogP contribution in [-0.2, 0) is 38.1 Å². The molecule has 0 radical (unpaired) electrons. The van der Waals surface area contributed by atoms with E-state index in [9.17, 15) is 34.5 Å². The molecule has 3 heterocycles. The summed E-state index contributed by atoms with van der Waals surface area (Å²) in [6.07, 6.45) is 14.6. The Morgan fingerprint density at radius 3 is 2.28 bits per heavy atom. The lowest BCUT2D eigenvalue weighted by Gasteiger charge is -2.43. The summed E-state index contributed by atoms with van der Waals surface area (Å²) in [5.41, 5.74) is 2.79. The molecule has 3 fully saturated rings. The van der Waals surface area contributed by atoms with Crippen molar-refractivity contribution in [2.24, 2.45) is 35.5 Å². The number of hydrogen-bond donors (Lipinski definition) is 4. The number of nitrogens with one attached hydrogen (secondary N) is 1. The third-order valence-corrected chi connectivity index (χ3v) is 15.6. The highest BCUT2D eigenvalue weighted by Gasteiger charge is 2.53. The number of carbonyl (C=O) groups excluding carboxylic acids is 4. The molecule has 71 heavy (non-hydrogen) atoms. The van der Waals surface area contributed by atoms with Crippen LogP contribution in [0.1, 0.15) is 132 Å². The van der Waals surface area contributed by atoms with Gasteiger partial charge in [0.2, 0.25) is 5.79 Å². The van der Waals surface area contributed by atoms with E-state index in [0.717, 1.165) is 17.7 Å². The van der Waals surface area contributed by atoms with Gasteiger partial charge in [-0.25, -0.2) is 9.64 Å². The number of carbonyl (C=O) groups is 4. The number of methoxy groups -OCH3 is 2. The zero-order valence-corrected chi connectivity index (χ0v) is 43.8. The van der Waals surface area contributed by atoms with Crippen molar-refractivity contribution in [2.75, 3.05) is 26.1 Å². The molecule has 4 N–H and O–H groups in total. The summed E-state index contributed by atoms with van der Waals surface area (Å²) in [5, 5.41) is 37.8. The molecule has 1 amide bonds. The largest absolute Gasteiger partial charge is 0.461 e. The second-order valence-corrected chi connectivity index (χ2v) is 21.3. The van der Waals surface area contributed by atoms with Gasteiger partial charge >= 0.3 is 5.97 Å². The third kappa shape index (κ3) is 15.5. The molecule has 1 aliphatic carbocycles. The number of esters is 1. The number of aliphatic hydroxyl groups is 3. The van der Waals surface area contributed by atoms with Crippen LogP contribution in [0.3, 0.4) is 0 Å². The molecule has 0 unspecified atom stereocenters. The molecule has 14 nitrogen and oxygen atoms in total. The molecule has 3 aliphatic heterocycles. The Morgan fingerprint density at radius 1 is 0.859 bits per heavy atom. The van der Waals surface area contributed by atoms with E-state index in [1.54, 1.807) is 33.1 Å². The Morgan fingerprint density at radius 2 is 1.59 bits per heavy atom. The lowest BCUT2D eigenvalue weighted by atomic mass is 9.78. The van der Waals surface area contributed by atoms with E-state index >= 15 is 0 Å². The summed E-state index contributed by atoms with van der Waals surface area (Å²) in [4.78, 5) is 62.0. The Balaban J connectivity index is 1.48. The van der Waals surface area contributed by atoms with Crippen LogP contribution in [0.15, 0.2) is 71.9 Å². The van der Waals surface area contributed by atoms with Crippen LogP contribution >= 0.6 is 0 Å². The van der Waals surface area contributed by atoms with Crippen molar-refractivity contribution in [3.8, 4) is 0 Å². The molecular formula is C57H83N3O11. The van der Waals surface area contributed by atoms with Gasteiger partial charge in [-0.2, -0.15) is 0 Å². The standard InChI is InChI=1S/C57H83N3O11/c1-35-16-12-11-13-17-37(3)46(59-44-24-22-43(58-8)23-25-44)34-45-26-20-41(7)57(67,71-45)54(64)55(65)60-29-15-14-18-47(60)56(66)70-49(38(4)32-42-21-27-48(61)50(33-42)68-9)28-19-36(2)31-40(6)52(63)53(69-10)51(62)39(5)30-35/h11-13,16-17,22-25,31,35-36,38-39,41-42,45-50,52-53,59,61,63,67H,14-15,18-21,26-30,32-34H2,1-7,9-10H3/b13-11+,16-12+,37-17+,40-31+/t35-,36+,38-,39-,41-,42-,45+,46+,47+,48-,49+,50-,52-,53+,57-/m1/s1. The van der Waals surface area contributed by atoms with E-state index in [2.05, 4.69) is 17.1 Å². The minimum atomic E-state index is -2.43. The molecule has 5 rings (SSSR count). The molecule has 2 bridgehead atoms. The Kier molecular flexibility index (Phi) is 21.8. The van der Waals surface area contributed by atoms with Crippen molar-refractivity contribution >= 4 is 34.8 Å². The predicted octanol–water partition coefficient (Wildman–Crippen LogP) is 9.02. The van der Waals surface area contributed by atoms with Gasteiger partial charge in [0, 0.05) is 44.3 Å². The Labute approximate surface area is 423 Å². The summed E-state index contributed by atoms with van der Waals surface area (Å²) in [5.74, 6) is -6.34. The van der Waals surface area contributed by atoms with Gasteiger partial charge in [-0.1, -0.05) is 88.8 Å². The topological polar surface area (TPSA) is 186 Å². The number of ketones is 2. The summed E-state index contributed by atoms with van der Waals surface area (Å²) < 4.78 is 24.1. The van der Waals surface area contributed by atoms with Crippen molar-refractivity contribution < 1.29 is 53.4 Å². The number of Topliss-reactive ketones (excluding diaryl/α,β-unsaturated/α-hetero) is 2. The van der Waals surface area contributed by atoms with Crippen molar-refractivity contribution in [3.05, 3.63) is 83.3 Å². The van der Waals surface area contributed by atoms with Gasteiger partial charge in [0.15, 0.2) is 11.5 Å². The van der Waals surface area contributed by atoms with Crippen LogP contribution in [0.5, 0.6) is 0 Å². The smallest absolute Gasteiger partial charge is 0.329 e. The van der Waals surface area contributed by atoms with E-state index < -0.39 is 71.8 Å². The molecule has 0 spiro atoms. The van der Waals surface area contributed by atoms with Gasteiger partial charge in [0.1, 0.15) is 24.4 Å². The zero-order chi connectivity index (χ0) is 52.0. The highest BCUT2D eigenvalue weighted by Crippen LogP contribution is 2.38. The maximum absolute atomic E-state index is 14.5. The number of piperidine rings is 1. The maximum Gasteiger partial charge on any atom is 0.329 e. The summed E-state index contributed by atoms with van der Waals surface area (Å²) >= 11 is 0. The summed E-state index contributed by atoms with van der Waals surface area (Å²) in [6, 6.07) is 5.72. The van der Waals surface area contributed by atoms with Gasteiger partial charge in [-0.05, 0) is 139 Å². The van der Waals surface area contributed by atoms with Crippen molar-refractivity contribution in [1.29, 1.82) is 0 Å². The second kappa shape index (κ2) is 27.0. The van der Waals surface area contributed by atoms with Crippen molar-refractivity contribution in [1.82, 2.24) is 4.90 Å². The molecule has 1 aromatic rings. The molecule has 392 valence electrons. The van der Waals surface area contributed by atoms with E-state index in [4.69, 9.17) is 25.5 Å². The number of nitrogens with zero attached hydrogens (tertiary/aromatic N) is 2. The second-order valence-electron chi connectivity index (χ2n) is 21.3. The van der Waals surface area contributed by atoms with Gasteiger partial charge in [-0.15, -0.1) is 0 Å². The number of aliphatic hydroxyl groups excluding tert-OH is 2. The molecule has 14 heteroatoms. The fraction of sp³-hybridized carbons (Fsp3) is 0.667. The monoisotopic (exact) mass is 986 g/mol. The first kappa shape index (κ1) is 57.4. The minimum Gasteiger partial charge on any atom is -0.461 e. The number of allylic oxidation sites excluding steroid dienone is 6. The first-order valence-corrected chi connectivity index (χ1v) is 26.1. The molecule has 4 aliphatic rings. The first-order chi connectivity index (χ1) is 33.8. The van der Waals surface area contributed by atoms with E-state index in [1.165, 1.54) is 12.0 Å². The molecule has 2 saturated heterocycles. The number of fused-ring (bicyclic) bond motifs is 3. The normalized spacial score (nSPS) is 37.7. The zero-order valence-electron chi connectivity index (χ0n) is 43.8. The summed E-state index contributed by atoms with van der Waals surface area (Å²) in [7, 11) is 3.05. The average molecular weight is 986 g/mol. The fourth-order valence-electron chi connectivity index (χ4n) is 11.1. The van der Waals surface area contributed by atoms with Crippen LogP contribution < -0.4 is 5.32 Å². The van der Waals surface area contributed by atoms with Crippen LogP contribution in [0.25, 0.3) is 4.85 Å². The number of cyclic esters (lactones) is 1. The van der Waals surface area contributed by atoms with Crippen LogP contribution in [0, 0.1) is 42.1 Å². The van der Waals surface area contributed by atoms with Gasteiger partial charge in [0.25, 0.3) is 11.7 Å². The fourth-order valence-corrected chi connectivity index (χ4v) is 11.1. The molecule has 1 saturated carbocycles. The number of hydrogen-bond acceptors (Lipinski definition) is 12. The van der Waals surface area contributed by atoms with E-state index in [-0.39, 0.29) is 48.1 Å². The van der Waals surface area contributed by atoms with Crippen LogP contribution in [0.4, 0.5) is 11.4 Å². The average Bonchev–Trinajstić information content (AvgIpc) is 3.35. The van der Waals surface area contributed by atoms with Crippen molar-refractivity contribution in [2.45, 2.75) is 186 Å². The van der Waals surface area contributed by atoms with Crippen molar-refractivity contribution in [3.63, 3.8) is 0 Å². The highest BCUT2D eigenvalue weighted by atomic mass is 16.6. The molecular weight excluding hydrogens is 903 g/mol. The number of rotatable bonds is 7. The maximum atomic E-state index is 14.5.